The van der Waals surface area contributed by atoms with Gasteiger partial charge in [-0.25, -0.2) is 8.42 Å². The van der Waals surface area contributed by atoms with Crippen molar-refractivity contribution in [3.05, 3.63) is 113 Å². The third-order valence-electron chi connectivity index (χ3n) is 5.81. The Morgan fingerprint density at radius 3 is 2.28 bits per heavy atom. The standard InChI is InChI=1S/C28H18ClF3N2O3S2/c29-19-7-11-21(12-8-19)38-26-4-2-1-3-17(26)15-24-23-16-22(13-14-25(23)33-27(24)35)39(36,37)34-20-9-5-18(6-10-20)28(30,31)32/h1-16,34H,(H,33,35). The van der Waals surface area contributed by atoms with E-state index in [0.29, 0.717) is 16.3 Å². The quantitative estimate of drug-likeness (QED) is 0.226. The summed E-state index contributed by atoms with van der Waals surface area (Å²) in [5.74, 6) is -0.387. The lowest BCUT2D eigenvalue weighted by atomic mass is 10.0. The number of alkyl halides is 3. The van der Waals surface area contributed by atoms with Crippen molar-refractivity contribution in [2.45, 2.75) is 20.9 Å². The molecule has 0 bridgehead atoms. The van der Waals surface area contributed by atoms with Crippen LogP contribution in [-0.2, 0) is 21.0 Å². The topological polar surface area (TPSA) is 75.3 Å². The molecule has 5 nitrogen and oxygen atoms in total. The first-order valence-electron chi connectivity index (χ1n) is 11.4. The van der Waals surface area contributed by atoms with E-state index in [1.54, 1.807) is 18.2 Å². The lowest BCUT2D eigenvalue weighted by molar-refractivity contribution is -0.137. The Kier molecular flexibility index (Phi) is 7.19. The number of carbonyl (C=O) groups excluding carboxylic acids is 1. The minimum Gasteiger partial charge on any atom is -0.321 e. The molecule has 2 N–H and O–H groups in total. The fourth-order valence-electron chi connectivity index (χ4n) is 3.90. The predicted octanol–water partition coefficient (Wildman–Crippen LogP) is 7.80. The summed E-state index contributed by atoms with van der Waals surface area (Å²) in [6, 6.07) is 22.6. The van der Waals surface area contributed by atoms with E-state index in [0.717, 1.165) is 39.6 Å². The average Bonchev–Trinajstić information content (AvgIpc) is 3.20. The van der Waals surface area contributed by atoms with Gasteiger partial charge in [-0.3, -0.25) is 9.52 Å². The van der Waals surface area contributed by atoms with Gasteiger partial charge < -0.3 is 5.32 Å². The number of nitrogens with one attached hydrogen (secondary N) is 2. The Balaban J connectivity index is 1.45. The van der Waals surface area contributed by atoms with Crippen LogP contribution in [0.2, 0.25) is 5.02 Å². The fourth-order valence-corrected chi connectivity index (χ4v) is 6.02. The molecule has 0 radical (unpaired) electrons. The second-order valence-electron chi connectivity index (χ2n) is 8.49. The van der Waals surface area contributed by atoms with Gasteiger partial charge in [0.25, 0.3) is 15.9 Å². The summed E-state index contributed by atoms with van der Waals surface area (Å²) in [5.41, 5.74) is 0.954. The van der Waals surface area contributed by atoms with Crippen molar-refractivity contribution in [3.8, 4) is 0 Å². The zero-order valence-electron chi connectivity index (χ0n) is 19.8. The van der Waals surface area contributed by atoms with Crippen molar-refractivity contribution in [1.82, 2.24) is 0 Å². The third-order valence-corrected chi connectivity index (χ3v) is 8.54. The first-order valence-corrected chi connectivity index (χ1v) is 14.1. The van der Waals surface area contributed by atoms with Gasteiger partial charge in [-0.15, -0.1) is 0 Å². The lowest BCUT2D eigenvalue weighted by Gasteiger charge is -2.11. The molecule has 0 atom stereocenters. The normalized spacial score (nSPS) is 14.3. The Labute approximate surface area is 231 Å². The van der Waals surface area contributed by atoms with E-state index in [4.69, 9.17) is 11.6 Å². The minimum absolute atomic E-state index is 0.0263. The number of hydrogen-bond donors (Lipinski definition) is 2. The largest absolute Gasteiger partial charge is 0.416 e. The average molecular weight is 587 g/mol. The predicted molar refractivity (Wildman–Crippen MR) is 147 cm³/mol. The highest BCUT2D eigenvalue weighted by Gasteiger charge is 2.30. The van der Waals surface area contributed by atoms with E-state index in [1.165, 1.54) is 30.0 Å². The monoisotopic (exact) mass is 586 g/mol. The highest BCUT2D eigenvalue weighted by atomic mass is 35.5. The van der Waals surface area contributed by atoms with Crippen molar-refractivity contribution in [2.24, 2.45) is 0 Å². The van der Waals surface area contributed by atoms with Gasteiger partial charge in [0.2, 0.25) is 0 Å². The van der Waals surface area contributed by atoms with E-state index in [-0.39, 0.29) is 22.1 Å². The molecule has 39 heavy (non-hydrogen) atoms. The SMILES string of the molecule is O=C1Nc2ccc(S(=O)(=O)Nc3ccc(C(F)(F)F)cc3)cc2C1=Cc1ccccc1Sc1ccc(Cl)cc1. The Hall–Kier alpha value is -3.73. The van der Waals surface area contributed by atoms with Crippen LogP contribution in [0, 0.1) is 0 Å². The van der Waals surface area contributed by atoms with E-state index in [9.17, 15) is 26.4 Å². The molecule has 0 saturated carbocycles. The Bertz CT molecular complexity index is 1700. The smallest absolute Gasteiger partial charge is 0.321 e. The van der Waals surface area contributed by atoms with Crippen LogP contribution in [0.3, 0.4) is 0 Å². The van der Waals surface area contributed by atoms with E-state index < -0.39 is 21.8 Å². The molecule has 1 heterocycles. The number of benzene rings is 4. The molecule has 5 rings (SSSR count). The molecule has 11 heteroatoms. The number of fused-ring (bicyclic) bond motifs is 1. The van der Waals surface area contributed by atoms with Gasteiger partial charge in [-0.1, -0.05) is 41.6 Å². The van der Waals surface area contributed by atoms with Crippen molar-refractivity contribution < 1.29 is 26.4 Å². The molecular formula is C28H18ClF3N2O3S2. The van der Waals surface area contributed by atoms with Crippen LogP contribution in [0.15, 0.2) is 106 Å². The highest BCUT2D eigenvalue weighted by Crippen LogP contribution is 2.38. The molecule has 1 aliphatic heterocycles. The summed E-state index contributed by atoms with van der Waals surface area (Å²) in [6.07, 6.45) is -2.84. The maximum absolute atomic E-state index is 13.0. The summed E-state index contributed by atoms with van der Waals surface area (Å²) in [7, 11) is -4.16. The Morgan fingerprint density at radius 1 is 0.897 bits per heavy atom. The molecule has 4 aromatic rings. The first kappa shape index (κ1) is 26.9. The van der Waals surface area contributed by atoms with Crippen LogP contribution < -0.4 is 10.0 Å². The second kappa shape index (κ2) is 10.4. The van der Waals surface area contributed by atoms with Crippen LogP contribution in [0.1, 0.15) is 16.7 Å². The van der Waals surface area contributed by atoms with Crippen LogP contribution in [0.25, 0.3) is 11.6 Å². The number of sulfonamides is 1. The number of anilines is 2. The van der Waals surface area contributed by atoms with Gasteiger partial charge in [0.05, 0.1) is 10.5 Å². The Morgan fingerprint density at radius 2 is 1.59 bits per heavy atom. The van der Waals surface area contributed by atoms with Gasteiger partial charge in [-0.2, -0.15) is 13.2 Å². The fraction of sp³-hybridized carbons (Fsp3) is 0.0357. The van der Waals surface area contributed by atoms with Crippen LogP contribution >= 0.6 is 23.4 Å². The molecule has 0 spiro atoms. The summed E-state index contributed by atoms with van der Waals surface area (Å²) in [5, 5.41) is 3.36. The molecule has 0 aliphatic carbocycles. The molecule has 4 aromatic carbocycles. The molecule has 0 fully saturated rings. The molecular weight excluding hydrogens is 569 g/mol. The van der Waals surface area contributed by atoms with E-state index in [1.807, 2.05) is 36.4 Å². The van der Waals surface area contributed by atoms with Crippen LogP contribution in [0.4, 0.5) is 24.5 Å². The molecule has 1 aliphatic rings. The lowest BCUT2D eigenvalue weighted by Crippen LogP contribution is -2.13. The molecule has 0 saturated heterocycles. The maximum atomic E-state index is 13.0. The van der Waals surface area contributed by atoms with Crippen molar-refractivity contribution in [3.63, 3.8) is 0 Å². The molecule has 1 amide bonds. The van der Waals surface area contributed by atoms with Crippen LogP contribution in [-0.4, -0.2) is 14.3 Å². The highest BCUT2D eigenvalue weighted by molar-refractivity contribution is 7.99. The van der Waals surface area contributed by atoms with E-state index in [2.05, 4.69) is 10.0 Å². The maximum Gasteiger partial charge on any atom is 0.416 e. The van der Waals surface area contributed by atoms with Gasteiger partial charge >= 0.3 is 6.18 Å². The van der Waals surface area contributed by atoms with Gasteiger partial charge in [-0.05, 0) is 84.4 Å². The van der Waals surface area contributed by atoms with Gasteiger partial charge in [0, 0.05) is 37.3 Å². The third kappa shape index (κ3) is 5.98. The number of carbonyl (C=O) groups is 1. The second-order valence-corrected chi connectivity index (χ2v) is 11.7. The number of rotatable bonds is 6. The van der Waals surface area contributed by atoms with Crippen LogP contribution in [0.5, 0.6) is 0 Å². The summed E-state index contributed by atoms with van der Waals surface area (Å²) < 4.78 is 66.9. The molecule has 0 aromatic heterocycles. The summed E-state index contributed by atoms with van der Waals surface area (Å²) >= 11 is 7.47. The van der Waals surface area contributed by atoms with Crippen molar-refractivity contribution in [1.29, 1.82) is 0 Å². The molecule has 0 unspecified atom stereocenters. The summed E-state index contributed by atoms with van der Waals surface area (Å²) in [4.78, 5) is 14.5. The first-order chi connectivity index (χ1) is 18.5. The van der Waals surface area contributed by atoms with E-state index >= 15 is 0 Å². The zero-order chi connectivity index (χ0) is 27.8. The summed E-state index contributed by atoms with van der Waals surface area (Å²) in [6.45, 7) is 0. The number of amides is 1. The minimum atomic E-state index is -4.54. The zero-order valence-corrected chi connectivity index (χ0v) is 22.2. The number of halogens is 4. The van der Waals surface area contributed by atoms with Gasteiger partial charge in [0.15, 0.2) is 0 Å². The molecule has 198 valence electrons. The van der Waals surface area contributed by atoms with Crippen molar-refractivity contribution >= 4 is 62.3 Å². The van der Waals surface area contributed by atoms with Gasteiger partial charge in [0.1, 0.15) is 0 Å². The van der Waals surface area contributed by atoms with Crippen molar-refractivity contribution in [2.75, 3.05) is 10.0 Å². The number of hydrogen-bond acceptors (Lipinski definition) is 4.